The van der Waals surface area contributed by atoms with Gasteiger partial charge in [-0.3, -0.25) is 4.79 Å². The van der Waals surface area contributed by atoms with Crippen molar-refractivity contribution < 1.29 is 24.9 Å². The van der Waals surface area contributed by atoms with Crippen LogP contribution in [0.4, 0.5) is 0 Å². The summed E-state index contributed by atoms with van der Waals surface area (Å²) in [5.74, 6) is -0.754. The molecule has 0 saturated heterocycles. The second-order valence-electron chi connectivity index (χ2n) is 4.76. The highest BCUT2D eigenvalue weighted by Gasteiger charge is 2.12. The first-order chi connectivity index (χ1) is 8.88. The van der Waals surface area contributed by atoms with Crippen molar-refractivity contribution in [2.24, 2.45) is 5.92 Å². The second-order valence-corrected chi connectivity index (χ2v) is 4.76. The van der Waals surface area contributed by atoms with Crippen molar-refractivity contribution in [1.29, 1.82) is 0 Å². The number of aliphatic hydroxyl groups is 2. The molecule has 0 aliphatic rings. The lowest BCUT2D eigenvalue weighted by Gasteiger charge is -2.10. The van der Waals surface area contributed by atoms with E-state index in [0.29, 0.717) is 6.61 Å². The number of hydrogen-bond donors (Lipinski definition) is 3. The normalized spacial score (nSPS) is 15.1. The van der Waals surface area contributed by atoms with Crippen LogP contribution in [-0.2, 0) is 9.53 Å². The van der Waals surface area contributed by atoms with Gasteiger partial charge in [0.1, 0.15) is 0 Å². The van der Waals surface area contributed by atoms with Gasteiger partial charge >= 0.3 is 5.97 Å². The zero-order chi connectivity index (χ0) is 15.3. The van der Waals surface area contributed by atoms with E-state index < -0.39 is 12.1 Å². The van der Waals surface area contributed by atoms with Crippen LogP contribution in [0, 0.1) is 5.92 Å². The number of unbranched alkanes of at least 4 members (excludes halogenated alkanes) is 1. The minimum Gasteiger partial charge on any atom is -0.481 e. The molecule has 0 aromatic heterocycles. The molecule has 0 spiro atoms. The van der Waals surface area contributed by atoms with Gasteiger partial charge in [-0.1, -0.05) is 26.7 Å². The molecule has 0 aromatic carbocycles. The minimum absolute atomic E-state index is 0.00667. The van der Waals surface area contributed by atoms with E-state index in [1.807, 2.05) is 6.92 Å². The SMILES string of the molecule is CC(O)COC(C)CO.CCCCC(CC)C(=O)O. The molecule has 0 radical (unpaired) electrons. The van der Waals surface area contributed by atoms with Gasteiger partial charge in [0.2, 0.25) is 0 Å². The Kier molecular flexibility index (Phi) is 15.0. The van der Waals surface area contributed by atoms with Crippen LogP contribution in [0.5, 0.6) is 0 Å². The van der Waals surface area contributed by atoms with E-state index in [4.69, 9.17) is 20.1 Å². The van der Waals surface area contributed by atoms with E-state index in [2.05, 4.69) is 6.92 Å². The molecule has 0 aromatic rings. The summed E-state index contributed by atoms with van der Waals surface area (Å²) in [4.78, 5) is 10.4. The second kappa shape index (κ2) is 13.8. The Hall–Kier alpha value is -0.650. The Balaban J connectivity index is 0. The molecule has 0 aliphatic heterocycles. The molecule has 0 fully saturated rings. The lowest BCUT2D eigenvalue weighted by Crippen LogP contribution is -2.19. The van der Waals surface area contributed by atoms with Gasteiger partial charge in [-0.05, 0) is 26.7 Å². The Morgan fingerprint density at radius 3 is 2.16 bits per heavy atom. The van der Waals surface area contributed by atoms with Crippen molar-refractivity contribution in [2.75, 3.05) is 13.2 Å². The Morgan fingerprint density at radius 1 is 1.26 bits per heavy atom. The van der Waals surface area contributed by atoms with Crippen LogP contribution in [0.1, 0.15) is 53.4 Å². The van der Waals surface area contributed by atoms with Crippen LogP contribution in [-0.4, -0.2) is 46.7 Å². The van der Waals surface area contributed by atoms with Crippen LogP contribution in [0.15, 0.2) is 0 Å². The van der Waals surface area contributed by atoms with Crippen molar-refractivity contribution in [3.8, 4) is 0 Å². The van der Waals surface area contributed by atoms with Crippen molar-refractivity contribution in [1.82, 2.24) is 0 Å². The first-order valence-electron chi connectivity index (χ1n) is 7.02. The van der Waals surface area contributed by atoms with Gasteiger partial charge in [0.25, 0.3) is 0 Å². The maximum atomic E-state index is 10.4. The van der Waals surface area contributed by atoms with Crippen LogP contribution < -0.4 is 0 Å². The van der Waals surface area contributed by atoms with Crippen molar-refractivity contribution in [3.05, 3.63) is 0 Å². The third-order valence-electron chi connectivity index (χ3n) is 2.63. The minimum atomic E-state index is -0.643. The quantitative estimate of drug-likeness (QED) is 0.601. The lowest BCUT2D eigenvalue weighted by molar-refractivity contribution is -0.142. The summed E-state index contributed by atoms with van der Waals surface area (Å²) in [5.41, 5.74) is 0. The van der Waals surface area contributed by atoms with Crippen LogP contribution in [0.2, 0.25) is 0 Å². The molecular formula is C14H30O5. The van der Waals surface area contributed by atoms with Crippen LogP contribution in [0.25, 0.3) is 0 Å². The van der Waals surface area contributed by atoms with Crippen LogP contribution in [0.3, 0.4) is 0 Å². The van der Waals surface area contributed by atoms with E-state index in [0.717, 1.165) is 25.7 Å². The largest absolute Gasteiger partial charge is 0.481 e. The number of aliphatic carboxylic acids is 1. The maximum Gasteiger partial charge on any atom is 0.306 e. The van der Waals surface area contributed by atoms with Gasteiger partial charge in [-0.25, -0.2) is 0 Å². The summed E-state index contributed by atoms with van der Waals surface area (Å²) >= 11 is 0. The zero-order valence-corrected chi connectivity index (χ0v) is 12.6. The molecule has 0 saturated carbocycles. The van der Waals surface area contributed by atoms with E-state index >= 15 is 0 Å². The molecule has 19 heavy (non-hydrogen) atoms. The summed E-state index contributed by atoms with van der Waals surface area (Å²) in [5, 5.41) is 25.7. The fourth-order valence-corrected chi connectivity index (χ4v) is 1.31. The predicted octanol–water partition coefficient (Wildman–Crippen LogP) is 2.05. The number of carbonyl (C=O) groups is 1. The molecule has 3 atom stereocenters. The number of ether oxygens (including phenoxy) is 1. The number of hydrogen-bond acceptors (Lipinski definition) is 4. The van der Waals surface area contributed by atoms with Gasteiger partial charge in [0.05, 0.1) is 31.3 Å². The molecule has 116 valence electrons. The summed E-state index contributed by atoms with van der Waals surface area (Å²) in [6.07, 6.45) is 3.10. The van der Waals surface area contributed by atoms with E-state index in [-0.39, 0.29) is 18.6 Å². The smallest absolute Gasteiger partial charge is 0.306 e. The van der Waals surface area contributed by atoms with Gasteiger partial charge < -0.3 is 20.1 Å². The standard InChI is InChI=1S/C8H16O2.C6H14O3/c1-3-5-6-7(4-2)8(9)10;1-5(8)4-9-6(2)3-7/h7H,3-6H2,1-2H3,(H,9,10);5-8H,3-4H2,1-2H3. The molecule has 3 N–H and O–H groups in total. The predicted molar refractivity (Wildman–Crippen MR) is 75.1 cm³/mol. The maximum absolute atomic E-state index is 10.4. The van der Waals surface area contributed by atoms with Crippen molar-refractivity contribution >= 4 is 5.97 Å². The number of aliphatic hydroxyl groups excluding tert-OH is 2. The monoisotopic (exact) mass is 278 g/mol. The van der Waals surface area contributed by atoms with Crippen LogP contribution >= 0.6 is 0 Å². The van der Waals surface area contributed by atoms with Crippen molar-refractivity contribution in [2.45, 2.75) is 65.6 Å². The summed E-state index contributed by atoms with van der Waals surface area (Å²) in [6, 6.07) is 0. The van der Waals surface area contributed by atoms with Gasteiger partial charge in [-0.2, -0.15) is 0 Å². The lowest BCUT2D eigenvalue weighted by atomic mass is 10.00. The van der Waals surface area contributed by atoms with E-state index in [1.165, 1.54) is 0 Å². The molecule has 0 bridgehead atoms. The fourth-order valence-electron chi connectivity index (χ4n) is 1.31. The first kappa shape index (κ1) is 20.7. The van der Waals surface area contributed by atoms with Gasteiger partial charge in [0.15, 0.2) is 0 Å². The Labute approximate surface area is 116 Å². The van der Waals surface area contributed by atoms with Gasteiger partial charge in [0, 0.05) is 0 Å². The molecule has 0 rings (SSSR count). The molecule has 5 nitrogen and oxygen atoms in total. The molecule has 5 heteroatoms. The first-order valence-corrected chi connectivity index (χ1v) is 7.02. The van der Waals surface area contributed by atoms with Crippen molar-refractivity contribution in [3.63, 3.8) is 0 Å². The topological polar surface area (TPSA) is 87.0 Å². The number of carboxylic acid groups (broad SMARTS) is 1. The number of carboxylic acids is 1. The highest BCUT2D eigenvalue weighted by atomic mass is 16.5. The molecule has 0 amide bonds. The molecule has 3 unspecified atom stereocenters. The Morgan fingerprint density at radius 2 is 1.84 bits per heavy atom. The zero-order valence-electron chi connectivity index (χ0n) is 12.6. The average molecular weight is 278 g/mol. The molecule has 0 aliphatic carbocycles. The third-order valence-corrected chi connectivity index (χ3v) is 2.63. The highest BCUT2D eigenvalue weighted by Crippen LogP contribution is 2.11. The van der Waals surface area contributed by atoms with E-state index in [9.17, 15) is 4.79 Å². The van der Waals surface area contributed by atoms with E-state index in [1.54, 1.807) is 13.8 Å². The number of rotatable bonds is 9. The highest BCUT2D eigenvalue weighted by molar-refractivity contribution is 5.69. The van der Waals surface area contributed by atoms with Gasteiger partial charge in [-0.15, -0.1) is 0 Å². The summed E-state index contributed by atoms with van der Waals surface area (Å²) in [6.45, 7) is 7.70. The molecule has 0 heterocycles. The molecular weight excluding hydrogens is 248 g/mol. The fraction of sp³-hybridized carbons (Fsp3) is 0.929. The average Bonchev–Trinajstić information content (AvgIpc) is 2.37. The summed E-state index contributed by atoms with van der Waals surface area (Å²) in [7, 11) is 0. The third kappa shape index (κ3) is 15.3. The summed E-state index contributed by atoms with van der Waals surface area (Å²) < 4.78 is 4.95. The Bertz CT molecular complexity index is 206.